The predicted octanol–water partition coefficient (Wildman–Crippen LogP) is 3.70. The van der Waals surface area contributed by atoms with Crippen LogP contribution < -0.4 is 10.9 Å². The van der Waals surface area contributed by atoms with Gasteiger partial charge in [0.2, 0.25) is 5.91 Å². The van der Waals surface area contributed by atoms with Gasteiger partial charge in [-0.1, -0.05) is 48.9 Å². The van der Waals surface area contributed by atoms with E-state index in [1.54, 1.807) is 12.1 Å². The second-order valence-electron chi connectivity index (χ2n) is 6.25. The molecular weight excluding hydrogens is 408 g/mol. The third-order valence-corrected chi connectivity index (χ3v) is 5.47. The molecule has 0 bridgehead atoms. The zero-order valence-electron chi connectivity index (χ0n) is 15.9. The van der Waals surface area contributed by atoms with E-state index in [1.165, 1.54) is 18.0 Å². The highest BCUT2D eigenvalue weighted by Crippen LogP contribution is 2.19. The van der Waals surface area contributed by atoms with Crippen LogP contribution in [0.2, 0.25) is 5.02 Å². The van der Waals surface area contributed by atoms with E-state index in [0.29, 0.717) is 23.6 Å². The number of nitrogens with one attached hydrogen (secondary N) is 2. The van der Waals surface area contributed by atoms with Gasteiger partial charge in [-0.25, -0.2) is 0 Å². The number of nitrogens with zero attached hydrogens (tertiary/aromatic N) is 2. The molecule has 0 atom stereocenters. The fraction of sp³-hybridized carbons (Fsp3) is 0.190. The Balaban J connectivity index is 1.54. The number of hydrazine groups is 1. The number of halogens is 1. The minimum atomic E-state index is -0.383. The Hall–Kier alpha value is -2.77. The van der Waals surface area contributed by atoms with Crippen molar-refractivity contribution in [1.82, 2.24) is 20.6 Å². The largest absolute Gasteiger partial charge is 0.273 e. The number of hydrogen-bond acceptors (Lipinski definition) is 4. The number of benzene rings is 2. The fourth-order valence-electron chi connectivity index (χ4n) is 2.78. The van der Waals surface area contributed by atoms with Crippen LogP contribution in [0.1, 0.15) is 28.5 Å². The van der Waals surface area contributed by atoms with E-state index >= 15 is 0 Å². The van der Waals surface area contributed by atoms with E-state index in [9.17, 15) is 9.59 Å². The minimum absolute atomic E-state index is 0.176. The lowest BCUT2D eigenvalue weighted by Gasteiger charge is -2.09. The molecule has 0 aliphatic carbocycles. The summed E-state index contributed by atoms with van der Waals surface area (Å²) in [5.41, 5.74) is 7.29. The lowest BCUT2D eigenvalue weighted by Crippen LogP contribution is -2.42. The predicted molar refractivity (Wildman–Crippen MR) is 115 cm³/mol. The average molecular weight is 429 g/mol. The van der Waals surface area contributed by atoms with Gasteiger partial charge in [0.15, 0.2) is 0 Å². The summed E-state index contributed by atoms with van der Waals surface area (Å²) in [6.07, 6.45) is 2.18. The van der Waals surface area contributed by atoms with Crippen molar-refractivity contribution in [3.05, 3.63) is 82.6 Å². The molecule has 0 fully saturated rings. The van der Waals surface area contributed by atoms with Crippen LogP contribution >= 0.6 is 23.4 Å². The van der Waals surface area contributed by atoms with Gasteiger partial charge in [-0.05, 0) is 36.2 Å². The zero-order chi connectivity index (χ0) is 20.6. The van der Waals surface area contributed by atoms with Crippen molar-refractivity contribution in [1.29, 1.82) is 0 Å². The van der Waals surface area contributed by atoms with Crippen molar-refractivity contribution in [2.24, 2.45) is 0 Å². The fourth-order valence-corrected chi connectivity index (χ4v) is 3.60. The van der Waals surface area contributed by atoms with E-state index in [0.717, 1.165) is 16.2 Å². The van der Waals surface area contributed by atoms with Crippen molar-refractivity contribution in [3.8, 4) is 0 Å². The van der Waals surface area contributed by atoms with Gasteiger partial charge in [-0.15, -0.1) is 11.8 Å². The van der Waals surface area contributed by atoms with Crippen LogP contribution in [0.15, 0.2) is 65.7 Å². The molecule has 2 amide bonds. The van der Waals surface area contributed by atoms with Crippen molar-refractivity contribution in [2.75, 3.05) is 5.75 Å². The molecule has 3 rings (SSSR count). The lowest BCUT2D eigenvalue weighted by molar-refractivity contribution is -0.119. The normalized spacial score (nSPS) is 10.6. The molecule has 1 heterocycles. The molecule has 29 heavy (non-hydrogen) atoms. The maximum absolute atomic E-state index is 12.5. The third-order valence-electron chi connectivity index (χ3n) is 4.20. The van der Waals surface area contributed by atoms with E-state index in [1.807, 2.05) is 54.1 Å². The molecule has 8 heteroatoms. The first-order valence-corrected chi connectivity index (χ1v) is 10.5. The summed E-state index contributed by atoms with van der Waals surface area (Å²) in [5, 5.41) is 4.99. The van der Waals surface area contributed by atoms with Crippen LogP contribution in [0.25, 0.3) is 0 Å². The zero-order valence-corrected chi connectivity index (χ0v) is 17.5. The van der Waals surface area contributed by atoms with E-state index in [-0.39, 0.29) is 17.6 Å². The molecule has 2 aromatic carbocycles. The number of amides is 2. The van der Waals surface area contributed by atoms with Crippen molar-refractivity contribution in [2.45, 2.75) is 24.8 Å². The number of rotatable bonds is 7. The summed E-state index contributed by atoms with van der Waals surface area (Å²) in [5.74, 6) is -0.505. The third kappa shape index (κ3) is 5.85. The summed E-state index contributed by atoms with van der Waals surface area (Å²) in [6, 6.07) is 17.1. The van der Waals surface area contributed by atoms with Gasteiger partial charge < -0.3 is 0 Å². The highest BCUT2D eigenvalue weighted by molar-refractivity contribution is 8.00. The van der Waals surface area contributed by atoms with Gasteiger partial charge in [0.05, 0.1) is 29.8 Å². The number of carbonyl (C=O) groups is 2. The van der Waals surface area contributed by atoms with Gasteiger partial charge in [-0.3, -0.25) is 25.1 Å². The topological polar surface area (TPSA) is 76.0 Å². The lowest BCUT2D eigenvalue weighted by atomic mass is 10.2. The molecule has 0 aliphatic rings. The Bertz CT molecular complexity index is 974. The SMILES string of the molecule is CCc1c(C(=O)NNC(=O)CSc2ccc(Cl)cc2)cnn1Cc1ccccc1. The van der Waals surface area contributed by atoms with Crippen molar-refractivity contribution < 1.29 is 9.59 Å². The minimum Gasteiger partial charge on any atom is -0.272 e. The summed E-state index contributed by atoms with van der Waals surface area (Å²) < 4.78 is 1.81. The summed E-state index contributed by atoms with van der Waals surface area (Å²) >= 11 is 7.21. The number of thioether (sulfide) groups is 1. The highest BCUT2D eigenvalue weighted by Gasteiger charge is 2.17. The van der Waals surface area contributed by atoms with Crippen LogP contribution in [-0.4, -0.2) is 27.3 Å². The number of carbonyl (C=O) groups excluding carboxylic acids is 2. The molecule has 0 radical (unpaired) electrons. The van der Waals surface area contributed by atoms with Crippen LogP contribution in [0.5, 0.6) is 0 Å². The van der Waals surface area contributed by atoms with Crippen LogP contribution in [0.3, 0.4) is 0 Å². The summed E-state index contributed by atoms with van der Waals surface area (Å²) in [7, 11) is 0. The molecule has 0 unspecified atom stereocenters. The van der Waals surface area contributed by atoms with E-state index in [4.69, 9.17) is 11.6 Å². The highest BCUT2D eigenvalue weighted by atomic mass is 35.5. The second kappa shape index (κ2) is 10.1. The Morgan fingerprint density at radius 3 is 2.48 bits per heavy atom. The molecule has 150 valence electrons. The first kappa shape index (κ1) is 21.0. The van der Waals surface area contributed by atoms with Crippen LogP contribution in [0, 0.1) is 0 Å². The first-order chi connectivity index (χ1) is 14.1. The molecule has 0 spiro atoms. The molecular formula is C21H21ClN4O2S. The van der Waals surface area contributed by atoms with Gasteiger partial charge in [0.1, 0.15) is 0 Å². The summed E-state index contributed by atoms with van der Waals surface area (Å²) in [4.78, 5) is 25.5. The molecule has 0 saturated heterocycles. The average Bonchev–Trinajstić information content (AvgIpc) is 3.15. The molecule has 2 N–H and O–H groups in total. The summed E-state index contributed by atoms with van der Waals surface area (Å²) in [6.45, 7) is 2.55. The smallest absolute Gasteiger partial charge is 0.272 e. The Labute approximate surface area is 178 Å². The molecule has 6 nitrogen and oxygen atoms in total. The van der Waals surface area contributed by atoms with Crippen molar-refractivity contribution >= 4 is 35.2 Å². The Morgan fingerprint density at radius 2 is 1.79 bits per heavy atom. The first-order valence-electron chi connectivity index (χ1n) is 9.13. The number of hydrogen-bond donors (Lipinski definition) is 2. The van der Waals surface area contributed by atoms with E-state index < -0.39 is 0 Å². The molecule has 0 aliphatic heterocycles. The number of aromatic nitrogens is 2. The van der Waals surface area contributed by atoms with Gasteiger partial charge in [0.25, 0.3) is 5.91 Å². The quantitative estimate of drug-likeness (QED) is 0.444. The van der Waals surface area contributed by atoms with Crippen LogP contribution in [0.4, 0.5) is 0 Å². The maximum atomic E-state index is 12.5. The molecule has 1 aromatic heterocycles. The van der Waals surface area contributed by atoms with E-state index in [2.05, 4.69) is 16.0 Å². The standard InChI is InChI=1S/C21H21ClN4O2S/c1-2-19-18(12-23-26(19)13-15-6-4-3-5-7-15)21(28)25-24-20(27)14-29-17-10-8-16(22)9-11-17/h3-12H,2,13-14H2,1H3,(H,24,27)(H,25,28). The molecule has 0 saturated carbocycles. The van der Waals surface area contributed by atoms with Crippen molar-refractivity contribution in [3.63, 3.8) is 0 Å². The van der Waals surface area contributed by atoms with Crippen LogP contribution in [-0.2, 0) is 17.8 Å². The Kier molecular flexibility index (Phi) is 7.32. The van der Waals surface area contributed by atoms with Gasteiger partial charge >= 0.3 is 0 Å². The van der Waals surface area contributed by atoms with Gasteiger partial charge in [-0.2, -0.15) is 5.10 Å². The maximum Gasteiger partial charge on any atom is 0.273 e. The molecule has 3 aromatic rings. The van der Waals surface area contributed by atoms with Gasteiger partial charge in [0, 0.05) is 9.92 Å². The monoisotopic (exact) mass is 428 g/mol. The Morgan fingerprint density at radius 1 is 1.07 bits per heavy atom. The second-order valence-corrected chi connectivity index (χ2v) is 7.73.